The van der Waals surface area contributed by atoms with Crippen LogP contribution in [-0.4, -0.2) is 19.9 Å². The van der Waals surface area contributed by atoms with Crippen LogP contribution in [0.4, 0.5) is 0 Å². The van der Waals surface area contributed by atoms with Crippen molar-refractivity contribution in [1.29, 1.82) is 0 Å². The van der Waals surface area contributed by atoms with Crippen molar-refractivity contribution in [2.75, 3.05) is 0 Å². The maximum Gasteiger partial charge on any atom is 0.228 e. The molecule has 18 heavy (non-hydrogen) atoms. The maximum absolute atomic E-state index is 5.78. The van der Waals surface area contributed by atoms with Crippen LogP contribution in [0.25, 0.3) is 10.7 Å². The Balaban J connectivity index is 1.67. The fourth-order valence-corrected chi connectivity index (χ4v) is 2.34. The number of hydrogen-bond acceptors (Lipinski definition) is 5. The second-order valence-electron chi connectivity index (χ2n) is 3.66. The summed E-state index contributed by atoms with van der Waals surface area (Å²) in [5.74, 6) is 1.24. The zero-order valence-corrected chi connectivity index (χ0v) is 10.9. The van der Waals surface area contributed by atoms with E-state index >= 15 is 0 Å². The second kappa shape index (κ2) is 4.91. The third-order valence-corrected chi connectivity index (χ3v) is 3.43. The molecule has 0 bridgehead atoms. The fraction of sp³-hybridized carbons (Fsp3) is 0.182. The molecule has 3 heterocycles. The first-order valence-electron chi connectivity index (χ1n) is 5.36. The first-order chi connectivity index (χ1) is 8.81. The lowest BCUT2D eigenvalue weighted by Gasteiger charge is -1.95. The largest absolute Gasteiger partial charge is 0.339 e. The summed E-state index contributed by atoms with van der Waals surface area (Å²) in [4.78, 5) is 5.34. The van der Waals surface area contributed by atoms with Gasteiger partial charge >= 0.3 is 0 Å². The van der Waals surface area contributed by atoms with Crippen LogP contribution in [0.15, 0.2) is 34.4 Å². The van der Waals surface area contributed by atoms with Crippen molar-refractivity contribution in [2.24, 2.45) is 0 Å². The Morgan fingerprint density at radius 1 is 1.44 bits per heavy atom. The quantitative estimate of drug-likeness (QED) is 0.737. The number of aryl methyl sites for hydroxylation is 2. The van der Waals surface area contributed by atoms with Crippen LogP contribution in [-0.2, 0) is 13.0 Å². The number of nitrogens with zero attached hydrogens (tertiary/aromatic N) is 4. The highest BCUT2D eigenvalue weighted by molar-refractivity contribution is 7.13. The number of halogens is 1. The summed E-state index contributed by atoms with van der Waals surface area (Å²) in [6.07, 6.45) is 4.00. The fourth-order valence-electron chi connectivity index (χ4n) is 1.53. The summed E-state index contributed by atoms with van der Waals surface area (Å²) in [5, 5.41) is 10.6. The van der Waals surface area contributed by atoms with Crippen LogP contribution >= 0.6 is 22.9 Å². The lowest BCUT2D eigenvalue weighted by Crippen LogP contribution is -2.01. The van der Waals surface area contributed by atoms with Gasteiger partial charge in [-0.3, -0.25) is 4.68 Å². The van der Waals surface area contributed by atoms with E-state index in [9.17, 15) is 0 Å². The van der Waals surface area contributed by atoms with Crippen LogP contribution in [0.2, 0.25) is 5.02 Å². The third kappa shape index (κ3) is 2.44. The number of hydrogen-bond donors (Lipinski definition) is 0. The Morgan fingerprint density at radius 2 is 2.39 bits per heavy atom. The average molecular weight is 281 g/mol. The first-order valence-corrected chi connectivity index (χ1v) is 6.61. The summed E-state index contributed by atoms with van der Waals surface area (Å²) < 4.78 is 6.94. The molecule has 0 aliphatic heterocycles. The van der Waals surface area contributed by atoms with Gasteiger partial charge in [0.25, 0.3) is 0 Å². The van der Waals surface area contributed by atoms with E-state index in [4.69, 9.17) is 16.1 Å². The molecular formula is C11H9ClN4OS. The standard InChI is InChI=1S/C11H9ClN4OS/c12-8-6-13-16(7-8)4-3-10-14-11(15-17-10)9-2-1-5-18-9/h1-2,5-7H,3-4H2. The van der Waals surface area contributed by atoms with Crippen molar-refractivity contribution in [3.63, 3.8) is 0 Å². The highest BCUT2D eigenvalue weighted by Gasteiger charge is 2.09. The van der Waals surface area contributed by atoms with E-state index in [0.29, 0.717) is 29.7 Å². The molecule has 0 aliphatic carbocycles. The highest BCUT2D eigenvalue weighted by atomic mass is 35.5. The molecule has 3 aromatic heterocycles. The number of thiophene rings is 1. The monoisotopic (exact) mass is 280 g/mol. The molecule has 0 fully saturated rings. The van der Waals surface area contributed by atoms with E-state index in [1.807, 2.05) is 17.5 Å². The molecule has 5 nitrogen and oxygen atoms in total. The van der Waals surface area contributed by atoms with Crippen molar-refractivity contribution in [2.45, 2.75) is 13.0 Å². The zero-order valence-electron chi connectivity index (χ0n) is 9.28. The summed E-state index contributed by atoms with van der Waals surface area (Å²) in [6.45, 7) is 0.665. The molecular weight excluding hydrogens is 272 g/mol. The van der Waals surface area contributed by atoms with Crippen LogP contribution in [0.5, 0.6) is 0 Å². The van der Waals surface area contributed by atoms with Gasteiger partial charge in [-0.05, 0) is 11.4 Å². The number of rotatable bonds is 4. The van der Waals surface area contributed by atoms with Crippen LogP contribution in [0.1, 0.15) is 5.89 Å². The van der Waals surface area contributed by atoms with Crippen LogP contribution < -0.4 is 0 Å². The summed E-state index contributed by atoms with van der Waals surface area (Å²) in [6, 6.07) is 3.92. The minimum Gasteiger partial charge on any atom is -0.339 e. The van der Waals surface area contributed by atoms with E-state index < -0.39 is 0 Å². The van der Waals surface area contributed by atoms with Gasteiger partial charge in [0.15, 0.2) is 0 Å². The maximum atomic E-state index is 5.78. The van der Waals surface area contributed by atoms with Crippen molar-refractivity contribution in [1.82, 2.24) is 19.9 Å². The van der Waals surface area contributed by atoms with Gasteiger partial charge in [-0.2, -0.15) is 10.1 Å². The molecule has 0 N–H and O–H groups in total. The van der Waals surface area contributed by atoms with E-state index in [0.717, 1.165) is 4.88 Å². The minimum absolute atomic E-state index is 0.602. The highest BCUT2D eigenvalue weighted by Crippen LogP contribution is 2.21. The average Bonchev–Trinajstić information content (AvgIpc) is 3.07. The molecule has 0 unspecified atom stereocenters. The van der Waals surface area contributed by atoms with E-state index in [-0.39, 0.29) is 0 Å². The Kier molecular flexibility index (Phi) is 3.12. The van der Waals surface area contributed by atoms with Crippen molar-refractivity contribution in [3.8, 4) is 10.7 Å². The second-order valence-corrected chi connectivity index (χ2v) is 5.04. The first kappa shape index (κ1) is 11.4. The molecule has 3 rings (SSSR count). The van der Waals surface area contributed by atoms with Crippen molar-refractivity contribution >= 4 is 22.9 Å². The normalized spacial score (nSPS) is 10.9. The molecule has 0 saturated heterocycles. The molecule has 0 atom stereocenters. The molecule has 0 aromatic carbocycles. The Morgan fingerprint density at radius 3 is 3.11 bits per heavy atom. The summed E-state index contributed by atoms with van der Waals surface area (Å²) >= 11 is 7.37. The lowest BCUT2D eigenvalue weighted by atomic mass is 10.4. The Hall–Kier alpha value is -1.66. The lowest BCUT2D eigenvalue weighted by molar-refractivity contribution is 0.369. The molecule has 7 heteroatoms. The molecule has 0 saturated carbocycles. The Bertz CT molecular complexity index is 631. The zero-order chi connectivity index (χ0) is 12.4. The smallest absolute Gasteiger partial charge is 0.228 e. The summed E-state index contributed by atoms with van der Waals surface area (Å²) in [5.41, 5.74) is 0. The van der Waals surface area contributed by atoms with Gasteiger partial charge in [0.05, 0.1) is 16.1 Å². The van der Waals surface area contributed by atoms with Crippen LogP contribution in [0.3, 0.4) is 0 Å². The van der Waals surface area contributed by atoms with Gasteiger partial charge in [-0.25, -0.2) is 0 Å². The van der Waals surface area contributed by atoms with E-state index in [1.54, 1.807) is 28.4 Å². The predicted octanol–water partition coefficient (Wildman–Crippen LogP) is 2.89. The number of aromatic nitrogens is 4. The minimum atomic E-state index is 0.602. The van der Waals surface area contributed by atoms with Gasteiger partial charge in [0.2, 0.25) is 11.7 Å². The molecule has 0 aliphatic rings. The topological polar surface area (TPSA) is 56.7 Å². The molecule has 3 aromatic rings. The molecule has 92 valence electrons. The Labute approximate surface area is 112 Å². The van der Waals surface area contributed by atoms with Crippen molar-refractivity contribution < 1.29 is 4.52 Å². The summed E-state index contributed by atoms with van der Waals surface area (Å²) in [7, 11) is 0. The third-order valence-electron chi connectivity index (χ3n) is 2.37. The van der Waals surface area contributed by atoms with Gasteiger partial charge in [-0.15, -0.1) is 11.3 Å². The predicted molar refractivity (Wildman–Crippen MR) is 68.6 cm³/mol. The van der Waals surface area contributed by atoms with E-state index in [2.05, 4.69) is 15.2 Å². The van der Waals surface area contributed by atoms with Gasteiger partial charge in [-0.1, -0.05) is 22.8 Å². The van der Waals surface area contributed by atoms with Crippen LogP contribution in [0, 0.1) is 0 Å². The SMILES string of the molecule is Clc1cnn(CCc2nc(-c3cccs3)no2)c1. The van der Waals surface area contributed by atoms with Gasteiger partial charge in [0.1, 0.15) is 0 Å². The van der Waals surface area contributed by atoms with Crippen molar-refractivity contribution in [3.05, 3.63) is 40.8 Å². The molecule has 0 spiro atoms. The van der Waals surface area contributed by atoms with Gasteiger partial charge in [0, 0.05) is 19.2 Å². The van der Waals surface area contributed by atoms with E-state index in [1.165, 1.54) is 0 Å². The van der Waals surface area contributed by atoms with Gasteiger partial charge < -0.3 is 4.52 Å². The molecule has 0 radical (unpaired) electrons. The molecule has 0 amide bonds.